The van der Waals surface area contributed by atoms with Crippen LogP contribution in [-0.4, -0.2) is 42.8 Å². The fourth-order valence-corrected chi connectivity index (χ4v) is 2.35. The zero-order chi connectivity index (χ0) is 16.1. The topological polar surface area (TPSA) is 55.8 Å². The quantitative estimate of drug-likeness (QED) is 0.441. The van der Waals surface area contributed by atoms with Gasteiger partial charge in [-0.1, -0.05) is 18.2 Å². The van der Waals surface area contributed by atoms with Crippen LogP contribution in [-0.2, 0) is 9.47 Å². The summed E-state index contributed by atoms with van der Waals surface area (Å²) in [5.41, 5.74) is 1.77. The van der Waals surface area contributed by atoms with Gasteiger partial charge >= 0.3 is 0 Å². The third-order valence-electron chi connectivity index (χ3n) is 3.48. The van der Waals surface area contributed by atoms with E-state index in [1.807, 2.05) is 20.8 Å². The molecule has 22 heavy (non-hydrogen) atoms. The summed E-state index contributed by atoms with van der Waals surface area (Å²) in [4.78, 5) is 25.7. The molecule has 0 unspecified atom stereocenters. The van der Waals surface area contributed by atoms with Gasteiger partial charge in [-0.15, -0.1) is 0 Å². The Morgan fingerprint density at radius 2 is 1.59 bits per heavy atom. The summed E-state index contributed by atoms with van der Waals surface area (Å²) in [6.07, 6.45) is 1.36. The van der Waals surface area contributed by atoms with Crippen molar-refractivity contribution in [2.75, 3.05) is 19.8 Å². The van der Waals surface area contributed by atoms with Gasteiger partial charge in [0.1, 0.15) is 0 Å². The zero-order valence-electron chi connectivity index (χ0n) is 13.2. The van der Waals surface area contributed by atoms with Gasteiger partial charge in [-0.2, -0.15) is 0 Å². The average Bonchev–Trinajstić information content (AvgIpc) is 2.77. The van der Waals surface area contributed by atoms with Crippen LogP contribution in [0.1, 0.15) is 41.5 Å². The van der Waals surface area contributed by atoms with Crippen molar-refractivity contribution in [3.63, 3.8) is 0 Å². The van der Waals surface area contributed by atoms with Crippen molar-refractivity contribution in [3.8, 4) is 0 Å². The van der Waals surface area contributed by atoms with Crippen molar-refractivity contribution in [1.29, 1.82) is 0 Å². The highest BCUT2D eigenvalue weighted by atomic mass is 16.7. The monoisotopic (exact) mass is 303 g/mol. The number of fused-ring (bicyclic) bond motifs is 1. The highest BCUT2D eigenvalue weighted by Gasteiger charge is 2.34. The van der Waals surface area contributed by atoms with Gasteiger partial charge in [0.2, 0.25) is 0 Å². The molecule has 0 saturated heterocycles. The first-order valence-electron chi connectivity index (χ1n) is 7.45. The first kappa shape index (κ1) is 16.4. The summed E-state index contributed by atoms with van der Waals surface area (Å²) < 4.78 is 11.0. The normalized spacial score (nSPS) is 14.9. The lowest BCUT2D eigenvalue weighted by molar-refractivity contribution is -0.111. The molecule has 0 radical (unpaired) electrons. The molecule has 2 rings (SSSR count). The van der Waals surface area contributed by atoms with E-state index in [1.165, 1.54) is 4.90 Å². The number of hydrogen-bond acceptors (Lipinski definition) is 4. The fourth-order valence-electron chi connectivity index (χ4n) is 2.35. The number of carbonyl (C=O) groups excluding carboxylic acids is 2. The minimum absolute atomic E-state index is 0.217. The Kier molecular flexibility index (Phi) is 5.46. The van der Waals surface area contributed by atoms with Gasteiger partial charge in [0.15, 0.2) is 6.29 Å². The number of ether oxygens (including phenoxy) is 2. The van der Waals surface area contributed by atoms with Crippen molar-refractivity contribution in [2.45, 2.75) is 27.1 Å². The maximum Gasteiger partial charge on any atom is 0.261 e. The first-order valence-corrected chi connectivity index (χ1v) is 7.45. The van der Waals surface area contributed by atoms with E-state index in [1.54, 1.807) is 30.3 Å². The number of amides is 2. The second-order valence-corrected chi connectivity index (χ2v) is 4.96. The summed E-state index contributed by atoms with van der Waals surface area (Å²) >= 11 is 0. The van der Waals surface area contributed by atoms with E-state index in [-0.39, 0.29) is 18.4 Å². The molecule has 0 aliphatic carbocycles. The van der Waals surface area contributed by atoms with Gasteiger partial charge in [0, 0.05) is 19.8 Å². The first-order chi connectivity index (χ1) is 10.6. The summed E-state index contributed by atoms with van der Waals surface area (Å²) in [5.74, 6) is -0.511. The van der Waals surface area contributed by atoms with Crippen molar-refractivity contribution in [1.82, 2.24) is 4.90 Å². The molecule has 1 aliphatic rings. The summed E-state index contributed by atoms with van der Waals surface area (Å²) in [6, 6.07) is 6.87. The minimum atomic E-state index is -0.440. The Bertz CT molecular complexity index is 553. The molecule has 0 fully saturated rings. The van der Waals surface area contributed by atoms with Crippen LogP contribution in [0, 0.1) is 0 Å². The SMILES string of the molecule is CCOC(OCC)/C(C)=C/CN1C(=O)c2ccccc2C1=O. The number of imide groups is 1. The molecule has 0 N–H and O–H groups in total. The van der Waals surface area contributed by atoms with Crippen molar-refractivity contribution in [3.05, 3.63) is 47.0 Å². The van der Waals surface area contributed by atoms with E-state index in [0.717, 1.165) is 5.57 Å². The lowest BCUT2D eigenvalue weighted by Gasteiger charge is -2.19. The molecule has 5 nitrogen and oxygen atoms in total. The summed E-state index contributed by atoms with van der Waals surface area (Å²) in [7, 11) is 0. The van der Waals surface area contributed by atoms with E-state index in [9.17, 15) is 9.59 Å². The molecule has 0 bridgehead atoms. The third-order valence-corrected chi connectivity index (χ3v) is 3.48. The van der Waals surface area contributed by atoms with Crippen LogP contribution in [0.2, 0.25) is 0 Å². The molecule has 0 aromatic heterocycles. The van der Waals surface area contributed by atoms with Gasteiger partial charge in [-0.05, 0) is 38.5 Å². The van der Waals surface area contributed by atoms with Gasteiger partial charge in [-0.25, -0.2) is 0 Å². The number of hydrogen-bond donors (Lipinski definition) is 0. The predicted molar refractivity (Wildman–Crippen MR) is 82.6 cm³/mol. The summed E-state index contributed by atoms with van der Waals surface area (Å²) in [6.45, 7) is 6.93. The number of rotatable bonds is 7. The second-order valence-electron chi connectivity index (χ2n) is 4.96. The van der Waals surface area contributed by atoms with Crippen LogP contribution in [0.4, 0.5) is 0 Å². The maximum atomic E-state index is 12.3. The fraction of sp³-hybridized carbons (Fsp3) is 0.412. The molecule has 1 aromatic rings. The van der Waals surface area contributed by atoms with E-state index < -0.39 is 6.29 Å². The van der Waals surface area contributed by atoms with Crippen LogP contribution in [0.5, 0.6) is 0 Å². The Labute approximate surface area is 130 Å². The smallest absolute Gasteiger partial charge is 0.261 e. The Balaban J connectivity index is 2.10. The molecule has 1 aliphatic heterocycles. The molecule has 1 aromatic carbocycles. The number of benzene rings is 1. The third kappa shape index (κ3) is 3.26. The molecule has 2 amide bonds. The van der Waals surface area contributed by atoms with Crippen LogP contribution in [0.15, 0.2) is 35.9 Å². The van der Waals surface area contributed by atoms with Crippen molar-refractivity contribution >= 4 is 11.8 Å². The predicted octanol–water partition coefficient (Wildman–Crippen LogP) is 2.63. The van der Waals surface area contributed by atoms with Crippen molar-refractivity contribution in [2.24, 2.45) is 0 Å². The van der Waals surface area contributed by atoms with Gasteiger partial charge in [-0.3, -0.25) is 14.5 Å². The van der Waals surface area contributed by atoms with Crippen LogP contribution in [0.3, 0.4) is 0 Å². The number of carbonyl (C=O) groups is 2. The zero-order valence-corrected chi connectivity index (χ0v) is 13.2. The Morgan fingerprint density at radius 1 is 1.09 bits per heavy atom. The Hall–Kier alpha value is -1.98. The number of nitrogens with zero attached hydrogens (tertiary/aromatic N) is 1. The minimum Gasteiger partial charge on any atom is -0.349 e. The lowest BCUT2D eigenvalue weighted by Crippen LogP contribution is -2.30. The van der Waals surface area contributed by atoms with E-state index in [2.05, 4.69) is 0 Å². The molecular weight excluding hydrogens is 282 g/mol. The highest BCUT2D eigenvalue weighted by molar-refractivity contribution is 6.21. The van der Waals surface area contributed by atoms with E-state index in [0.29, 0.717) is 24.3 Å². The highest BCUT2D eigenvalue weighted by Crippen LogP contribution is 2.22. The van der Waals surface area contributed by atoms with Gasteiger partial charge < -0.3 is 9.47 Å². The largest absolute Gasteiger partial charge is 0.349 e. The summed E-state index contributed by atoms with van der Waals surface area (Å²) in [5, 5.41) is 0. The molecule has 118 valence electrons. The maximum absolute atomic E-state index is 12.3. The van der Waals surface area contributed by atoms with Gasteiger partial charge in [0.05, 0.1) is 11.1 Å². The lowest BCUT2D eigenvalue weighted by atomic mass is 10.1. The van der Waals surface area contributed by atoms with E-state index >= 15 is 0 Å². The molecule has 0 atom stereocenters. The molecule has 5 heteroatoms. The standard InChI is InChI=1S/C17H21NO4/c1-4-21-17(22-5-2)12(3)10-11-18-15(19)13-8-6-7-9-14(13)16(18)20/h6-10,17H,4-5,11H2,1-3H3/b12-10+. The average molecular weight is 303 g/mol. The van der Waals surface area contributed by atoms with Crippen LogP contribution >= 0.6 is 0 Å². The van der Waals surface area contributed by atoms with Gasteiger partial charge in [0.25, 0.3) is 11.8 Å². The Morgan fingerprint density at radius 3 is 2.05 bits per heavy atom. The molecule has 1 heterocycles. The van der Waals surface area contributed by atoms with Crippen molar-refractivity contribution < 1.29 is 19.1 Å². The molecule has 0 saturated carbocycles. The molecule has 0 spiro atoms. The van der Waals surface area contributed by atoms with Crippen LogP contribution in [0.25, 0.3) is 0 Å². The van der Waals surface area contributed by atoms with E-state index in [4.69, 9.17) is 9.47 Å². The second kappa shape index (κ2) is 7.33. The molecular formula is C17H21NO4. The van der Waals surface area contributed by atoms with Crippen LogP contribution < -0.4 is 0 Å².